The van der Waals surface area contributed by atoms with Gasteiger partial charge in [0.25, 0.3) is 0 Å². The van der Waals surface area contributed by atoms with Gasteiger partial charge in [0.05, 0.1) is 11.8 Å². The maximum absolute atomic E-state index is 12.7. The van der Waals surface area contributed by atoms with Crippen LogP contribution in [-0.2, 0) is 28.9 Å². The van der Waals surface area contributed by atoms with Gasteiger partial charge in [0, 0.05) is 37.0 Å². The van der Waals surface area contributed by atoms with E-state index in [1.807, 2.05) is 34.6 Å². The van der Waals surface area contributed by atoms with Gasteiger partial charge in [-0.15, -0.1) is 0 Å². The molecular formula is C17H29N3O3. The first kappa shape index (κ1) is 17.9. The van der Waals surface area contributed by atoms with E-state index in [1.54, 1.807) is 0 Å². The Balaban J connectivity index is 2.05. The molecule has 0 aliphatic heterocycles. The van der Waals surface area contributed by atoms with Crippen molar-refractivity contribution in [1.29, 1.82) is 0 Å². The number of rotatable bonds is 7. The zero-order chi connectivity index (χ0) is 17.3. The third kappa shape index (κ3) is 2.90. The highest BCUT2D eigenvalue weighted by Crippen LogP contribution is 2.49. The topological polar surface area (TPSA) is 90.4 Å². The van der Waals surface area contributed by atoms with Crippen molar-refractivity contribution >= 4 is 5.91 Å². The largest absolute Gasteiger partial charge is 0.378 e. The van der Waals surface area contributed by atoms with Crippen LogP contribution in [0.3, 0.4) is 0 Å². The van der Waals surface area contributed by atoms with Crippen LogP contribution in [0.4, 0.5) is 0 Å². The van der Waals surface area contributed by atoms with E-state index in [1.165, 1.54) is 0 Å². The van der Waals surface area contributed by atoms with Crippen molar-refractivity contribution in [3.63, 3.8) is 0 Å². The Hall–Kier alpha value is -1.40. The van der Waals surface area contributed by atoms with Crippen molar-refractivity contribution in [3.05, 3.63) is 17.0 Å². The van der Waals surface area contributed by atoms with Crippen molar-refractivity contribution in [2.75, 3.05) is 6.61 Å². The molecule has 6 heteroatoms. The number of carbonyl (C=O) groups excluding carboxylic acids is 1. The predicted octanol–water partition coefficient (Wildman–Crippen LogP) is 1.95. The number of hydrogen-bond donors (Lipinski definition) is 2. The maximum atomic E-state index is 12.7. The minimum atomic E-state index is -0.900. The molecule has 3 N–H and O–H groups in total. The van der Waals surface area contributed by atoms with Crippen molar-refractivity contribution < 1.29 is 14.1 Å². The third-order valence-corrected chi connectivity index (χ3v) is 5.27. The Morgan fingerprint density at radius 3 is 2.61 bits per heavy atom. The van der Waals surface area contributed by atoms with E-state index < -0.39 is 5.54 Å². The average molecular weight is 323 g/mol. The first-order valence-electron chi connectivity index (χ1n) is 8.46. The lowest BCUT2D eigenvalue weighted by Gasteiger charge is -2.57. The summed E-state index contributed by atoms with van der Waals surface area (Å²) in [7, 11) is 0. The van der Waals surface area contributed by atoms with Crippen molar-refractivity contribution in [2.24, 2.45) is 11.1 Å². The Kier molecular flexibility index (Phi) is 5.16. The number of nitrogens with zero attached hydrogens (tertiary/aromatic N) is 1. The third-order valence-electron chi connectivity index (χ3n) is 5.27. The van der Waals surface area contributed by atoms with E-state index in [0.29, 0.717) is 19.6 Å². The van der Waals surface area contributed by atoms with Gasteiger partial charge >= 0.3 is 0 Å². The first-order valence-corrected chi connectivity index (χ1v) is 8.46. The second-order valence-corrected chi connectivity index (χ2v) is 6.76. The number of aromatic nitrogens is 1. The van der Waals surface area contributed by atoms with E-state index in [0.717, 1.165) is 29.9 Å². The Morgan fingerprint density at radius 2 is 2.09 bits per heavy atom. The molecule has 1 aromatic heterocycles. The Bertz CT molecular complexity index is 546. The fraction of sp³-hybridized carbons (Fsp3) is 0.765. The fourth-order valence-corrected chi connectivity index (χ4v) is 3.28. The van der Waals surface area contributed by atoms with Crippen molar-refractivity contribution in [3.8, 4) is 0 Å². The Labute approximate surface area is 138 Å². The molecule has 1 aliphatic carbocycles. The van der Waals surface area contributed by atoms with Crippen LogP contribution < -0.4 is 11.1 Å². The van der Waals surface area contributed by atoms with Gasteiger partial charge in [0.1, 0.15) is 11.3 Å². The second kappa shape index (κ2) is 6.61. The summed E-state index contributed by atoms with van der Waals surface area (Å²) in [6, 6.07) is 0. The SMILES string of the molecule is CCOC1CC(N)(C(=O)NCc2c(CC)noc2CC)C1(C)C. The number of amides is 1. The monoisotopic (exact) mass is 323 g/mol. The standard InChI is InChI=1S/C17H29N3O3/c1-6-12-11(13(7-2)23-20-12)10-19-15(21)17(18)9-14(22-8-3)16(17,4)5/h14H,6-10,18H2,1-5H3,(H,19,21). The van der Waals surface area contributed by atoms with E-state index in [2.05, 4.69) is 10.5 Å². The molecular weight excluding hydrogens is 294 g/mol. The molecule has 1 amide bonds. The van der Waals surface area contributed by atoms with Gasteiger partial charge in [-0.2, -0.15) is 0 Å². The Morgan fingerprint density at radius 1 is 1.39 bits per heavy atom. The summed E-state index contributed by atoms with van der Waals surface area (Å²) < 4.78 is 11.0. The second-order valence-electron chi connectivity index (χ2n) is 6.76. The van der Waals surface area contributed by atoms with Crippen LogP contribution in [0, 0.1) is 5.41 Å². The number of nitrogens with two attached hydrogens (primary N) is 1. The minimum absolute atomic E-state index is 0.0243. The van der Waals surface area contributed by atoms with Gasteiger partial charge in [0.2, 0.25) is 5.91 Å². The molecule has 2 rings (SSSR count). The normalized spacial score (nSPS) is 25.9. The molecule has 1 fully saturated rings. The number of aryl methyl sites for hydroxylation is 2. The zero-order valence-corrected chi connectivity index (χ0v) is 14.9. The van der Waals surface area contributed by atoms with Crippen LogP contribution in [-0.4, -0.2) is 29.3 Å². The van der Waals surface area contributed by atoms with E-state index >= 15 is 0 Å². The van der Waals surface area contributed by atoms with E-state index in [-0.39, 0.29) is 17.4 Å². The lowest BCUT2D eigenvalue weighted by atomic mass is 9.54. The molecule has 130 valence electrons. The number of carbonyl (C=O) groups is 1. The summed E-state index contributed by atoms with van der Waals surface area (Å²) in [4.78, 5) is 12.7. The van der Waals surface area contributed by atoms with E-state index in [4.69, 9.17) is 15.0 Å². The van der Waals surface area contributed by atoms with Crippen molar-refractivity contribution in [2.45, 2.75) is 72.1 Å². The number of ether oxygens (including phenoxy) is 1. The molecule has 1 aromatic rings. The zero-order valence-electron chi connectivity index (χ0n) is 14.9. The summed E-state index contributed by atoms with van der Waals surface area (Å²) >= 11 is 0. The molecule has 2 atom stereocenters. The molecule has 1 aliphatic rings. The molecule has 0 aromatic carbocycles. The molecule has 1 saturated carbocycles. The fourth-order valence-electron chi connectivity index (χ4n) is 3.28. The van der Waals surface area contributed by atoms with Gasteiger partial charge in [0.15, 0.2) is 0 Å². The van der Waals surface area contributed by atoms with Gasteiger partial charge in [-0.25, -0.2) is 0 Å². The molecule has 0 saturated heterocycles. The van der Waals surface area contributed by atoms with Crippen LogP contribution in [0.15, 0.2) is 4.52 Å². The van der Waals surface area contributed by atoms with Crippen LogP contribution in [0.1, 0.15) is 58.1 Å². The van der Waals surface area contributed by atoms with Gasteiger partial charge < -0.3 is 20.3 Å². The van der Waals surface area contributed by atoms with Crippen LogP contribution in [0.25, 0.3) is 0 Å². The lowest BCUT2D eigenvalue weighted by molar-refractivity contribution is -0.170. The highest BCUT2D eigenvalue weighted by Gasteiger charge is 2.62. The smallest absolute Gasteiger partial charge is 0.241 e. The molecule has 0 bridgehead atoms. The molecule has 1 heterocycles. The summed E-state index contributed by atoms with van der Waals surface area (Å²) in [6.45, 7) is 11.0. The highest BCUT2D eigenvalue weighted by atomic mass is 16.5. The summed E-state index contributed by atoms with van der Waals surface area (Å²) in [6.07, 6.45) is 2.10. The van der Waals surface area contributed by atoms with Crippen molar-refractivity contribution in [1.82, 2.24) is 10.5 Å². The molecule has 6 nitrogen and oxygen atoms in total. The summed E-state index contributed by atoms with van der Waals surface area (Å²) in [5.74, 6) is 0.692. The molecule has 0 spiro atoms. The molecule has 23 heavy (non-hydrogen) atoms. The predicted molar refractivity (Wildman–Crippen MR) is 87.8 cm³/mol. The summed E-state index contributed by atoms with van der Waals surface area (Å²) in [5.41, 5.74) is 6.98. The van der Waals surface area contributed by atoms with Crippen LogP contribution in [0.2, 0.25) is 0 Å². The molecule has 0 radical (unpaired) electrons. The number of hydrogen-bond acceptors (Lipinski definition) is 5. The van der Waals surface area contributed by atoms with Gasteiger partial charge in [-0.3, -0.25) is 4.79 Å². The quantitative estimate of drug-likeness (QED) is 0.800. The van der Waals surface area contributed by atoms with Gasteiger partial charge in [-0.1, -0.05) is 32.9 Å². The van der Waals surface area contributed by atoms with Crippen LogP contribution in [0.5, 0.6) is 0 Å². The molecule has 2 unspecified atom stereocenters. The average Bonchev–Trinajstić information content (AvgIpc) is 2.93. The maximum Gasteiger partial charge on any atom is 0.241 e. The number of nitrogens with one attached hydrogen (secondary N) is 1. The van der Waals surface area contributed by atoms with E-state index in [9.17, 15) is 4.79 Å². The highest BCUT2D eigenvalue weighted by molar-refractivity contribution is 5.88. The lowest BCUT2D eigenvalue weighted by Crippen LogP contribution is -2.75. The minimum Gasteiger partial charge on any atom is -0.378 e. The van der Waals surface area contributed by atoms with Crippen LogP contribution >= 0.6 is 0 Å². The first-order chi connectivity index (χ1) is 10.8. The summed E-state index contributed by atoms with van der Waals surface area (Å²) in [5, 5.41) is 7.04. The van der Waals surface area contributed by atoms with Gasteiger partial charge in [-0.05, 0) is 13.3 Å².